The molecule has 0 spiro atoms. The smallest absolute Gasteiger partial charge is 0.178 e. The molecule has 4 nitrogen and oxygen atoms in total. The Morgan fingerprint density at radius 2 is 1.89 bits per heavy atom. The van der Waals surface area contributed by atoms with Crippen LogP contribution in [0.1, 0.15) is 26.2 Å². The summed E-state index contributed by atoms with van der Waals surface area (Å²) < 4.78 is 23.3. The first-order valence-corrected chi connectivity index (χ1v) is 7.96. The van der Waals surface area contributed by atoms with E-state index < -0.39 is 9.84 Å². The fourth-order valence-corrected chi connectivity index (χ4v) is 2.92. The maximum atomic E-state index is 11.6. The van der Waals surface area contributed by atoms with E-state index in [2.05, 4.69) is 5.32 Å². The number of benzene rings is 1. The molecule has 0 atom stereocenters. The molecular weight excluding hydrogens is 248 g/mol. The van der Waals surface area contributed by atoms with Gasteiger partial charge in [-0.15, -0.1) is 0 Å². The molecule has 1 saturated carbocycles. The minimum atomic E-state index is -3.10. The Morgan fingerprint density at radius 1 is 1.28 bits per heavy atom. The molecule has 1 aromatic carbocycles. The zero-order valence-electron chi connectivity index (χ0n) is 10.6. The van der Waals surface area contributed by atoms with Crippen molar-refractivity contribution in [2.75, 3.05) is 17.6 Å². The predicted octanol–water partition coefficient (Wildman–Crippen LogP) is 1.77. The minimum absolute atomic E-state index is 0.0752. The van der Waals surface area contributed by atoms with Crippen molar-refractivity contribution in [1.29, 1.82) is 0 Å². The number of rotatable bonds is 5. The third-order valence-corrected chi connectivity index (χ3v) is 5.34. The van der Waals surface area contributed by atoms with Gasteiger partial charge in [0.15, 0.2) is 9.84 Å². The molecule has 0 saturated heterocycles. The Kier molecular flexibility index (Phi) is 3.64. The summed E-state index contributed by atoms with van der Waals surface area (Å²) in [6.07, 6.45) is 3.32. The number of sulfone groups is 1. The second kappa shape index (κ2) is 4.90. The summed E-state index contributed by atoms with van der Waals surface area (Å²) in [5.41, 5.74) is 6.96. The fraction of sp³-hybridized carbons (Fsp3) is 0.538. The standard InChI is InChI=1S/C13H20N2O2S/c1-2-18(16,17)12-6-4-11(5-7-12)15-10-13(14)8-3-9-13/h4-7,15H,2-3,8-10,14H2,1H3. The van der Waals surface area contributed by atoms with Gasteiger partial charge in [0, 0.05) is 17.8 Å². The quantitative estimate of drug-likeness (QED) is 0.853. The van der Waals surface area contributed by atoms with Gasteiger partial charge in [0.05, 0.1) is 10.6 Å². The van der Waals surface area contributed by atoms with Crippen molar-refractivity contribution in [3.8, 4) is 0 Å². The van der Waals surface area contributed by atoms with Gasteiger partial charge in [0.1, 0.15) is 0 Å². The van der Waals surface area contributed by atoms with Gasteiger partial charge in [-0.1, -0.05) is 6.92 Å². The van der Waals surface area contributed by atoms with Crippen LogP contribution in [0.4, 0.5) is 5.69 Å². The van der Waals surface area contributed by atoms with Crippen LogP contribution in [-0.4, -0.2) is 26.3 Å². The van der Waals surface area contributed by atoms with Crippen molar-refractivity contribution in [3.63, 3.8) is 0 Å². The summed E-state index contributed by atoms with van der Waals surface area (Å²) in [6, 6.07) is 6.88. The number of nitrogens with one attached hydrogen (secondary N) is 1. The highest BCUT2D eigenvalue weighted by Crippen LogP contribution is 2.29. The zero-order chi connectivity index (χ0) is 13.2. The number of anilines is 1. The van der Waals surface area contributed by atoms with Crippen LogP contribution in [0.25, 0.3) is 0 Å². The summed E-state index contributed by atoms with van der Waals surface area (Å²) in [5.74, 6) is 0.131. The normalized spacial score (nSPS) is 18.1. The van der Waals surface area contributed by atoms with Crippen LogP contribution in [0.15, 0.2) is 29.2 Å². The first-order valence-electron chi connectivity index (χ1n) is 6.31. The summed E-state index contributed by atoms with van der Waals surface area (Å²) in [6.45, 7) is 2.39. The molecule has 0 aliphatic heterocycles. The lowest BCUT2D eigenvalue weighted by atomic mass is 9.78. The molecule has 0 heterocycles. The third kappa shape index (κ3) is 2.84. The monoisotopic (exact) mass is 268 g/mol. The molecule has 2 rings (SSSR count). The zero-order valence-corrected chi connectivity index (χ0v) is 11.5. The van der Waals surface area contributed by atoms with Crippen molar-refractivity contribution in [2.45, 2.75) is 36.6 Å². The Hall–Kier alpha value is -1.07. The van der Waals surface area contributed by atoms with E-state index in [9.17, 15) is 8.42 Å². The lowest BCUT2D eigenvalue weighted by molar-refractivity contribution is 0.265. The molecule has 1 fully saturated rings. The highest BCUT2D eigenvalue weighted by molar-refractivity contribution is 7.91. The fourth-order valence-electron chi connectivity index (χ4n) is 2.03. The van der Waals surface area contributed by atoms with Gasteiger partial charge in [0.2, 0.25) is 0 Å². The lowest BCUT2D eigenvalue weighted by Crippen LogP contribution is -2.51. The number of hydrogen-bond acceptors (Lipinski definition) is 4. The summed E-state index contributed by atoms with van der Waals surface area (Å²) in [5, 5.41) is 3.26. The van der Waals surface area contributed by atoms with Crippen LogP contribution in [0, 0.1) is 0 Å². The van der Waals surface area contributed by atoms with Crippen LogP contribution >= 0.6 is 0 Å². The maximum Gasteiger partial charge on any atom is 0.178 e. The molecule has 3 N–H and O–H groups in total. The molecule has 0 radical (unpaired) electrons. The van der Waals surface area contributed by atoms with Gasteiger partial charge in [-0.25, -0.2) is 8.42 Å². The van der Waals surface area contributed by atoms with Crippen molar-refractivity contribution >= 4 is 15.5 Å². The number of hydrogen-bond donors (Lipinski definition) is 2. The van der Waals surface area contributed by atoms with Gasteiger partial charge in [-0.3, -0.25) is 0 Å². The largest absolute Gasteiger partial charge is 0.383 e. The Morgan fingerprint density at radius 3 is 2.33 bits per heavy atom. The predicted molar refractivity (Wildman–Crippen MR) is 73.4 cm³/mol. The van der Waals surface area contributed by atoms with E-state index >= 15 is 0 Å². The minimum Gasteiger partial charge on any atom is -0.383 e. The topological polar surface area (TPSA) is 72.2 Å². The molecular formula is C13H20N2O2S. The third-order valence-electron chi connectivity index (χ3n) is 3.59. The van der Waals surface area contributed by atoms with E-state index in [-0.39, 0.29) is 11.3 Å². The first-order chi connectivity index (χ1) is 8.45. The summed E-state index contributed by atoms with van der Waals surface area (Å²) in [4.78, 5) is 0.377. The average molecular weight is 268 g/mol. The molecule has 0 amide bonds. The SMILES string of the molecule is CCS(=O)(=O)c1ccc(NCC2(N)CCC2)cc1. The Bertz CT molecular complexity index is 504. The van der Waals surface area contributed by atoms with Gasteiger partial charge < -0.3 is 11.1 Å². The highest BCUT2D eigenvalue weighted by Gasteiger charge is 2.31. The second-order valence-electron chi connectivity index (χ2n) is 5.00. The van der Waals surface area contributed by atoms with Crippen molar-refractivity contribution < 1.29 is 8.42 Å². The maximum absolute atomic E-state index is 11.6. The molecule has 18 heavy (non-hydrogen) atoms. The molecule has 0 unspecified atom stereocenters. The molecule has 1 aliphatic rings. The van der Waals surface area contributed by atoms with Crippen molar-refractivity contribution in [2.24, 2.45) is 5.73 Å². The molecule has 5 heteroatoms. The van der Waals surface area contributed by atoms with Gasteiger partial charge in [-0.05, 0) is 43.5 Å². The molecule has 1 aliphatic carbocycles. The molecule has 1 aromatic rings. The van der Waals surface area contributed by atoms with E-state index in [0.29, 0.717) is 4.90 Å². The average Bonchev–Trinajstić information content (AvgIpc) is 2.34. The van der Waals surface area contributed by atoms with Crippen molar-refractivity contribution in [3.05, 3.63) is 24.3 Å². The van der Waals surface area contributed by atoms with Crippen molar-refractivity contribution in [1.82, 2.24) is 0 Å². The van der Waals surface area contributed by atoms with Crippen LogP contribution in [0.2, 0.25) is 0 Å². The van der Waals surface area contributed by atoms with E-state index in [1.165, 1.54) is 6.42 Å². The van der Waals surface area contributed by atoms with Crippen LogP contribution in [0.5, 0.6) is 0 Å². The van der Waals surface area contributed by atoms with Gasteiger partial charge >= 0.3 is 0 Å². The Balaban J connectivity index is 2.00. The number of nitrogens with two attached hydrogens (primary N) is 1. The van der Waals surface area contributed by atoms with Crippen LogP contribution in [-0.2, 0) is 9.84 Å². The van der Waals surface area contributed by atoms with Gasteiger partial charge in [0.25, 0.3) is 0 Å². The van der Waals surface area contributed by atoms with E-state index in [4.69, 9.17) is 5.73 Å². The van der Waals surface area contributed by atoms with Crippen LogP contribution < -0.4 is 11.1 Å². The van der Waals surface area contributed by atoms with E-state index in [1.807, 2.05) is 0 Å². The molecule has 100 valence electrons. The molecule has 0 aromatic heterocycles. The summed E-state index contributed by atoms with van der Waals surface area (Å²) >= 11 is 0. The summed E-state index contributed by atoms with van der Waals surface area (Å²) in [7, 11) is -3.10. The lowest BCUT2D eigenvalue weighted by Gasteiger charge is -2.38. The highest BCUT2D eigenvalue weighted by atomic mass is 32.2. The Labute approximate surface area is 108 Å². The van der Waals surface area contributed by atoms with Crippen LogP contribution in [0.3, 0.4) is 0 Å². The van der Waals surface area contributed by atoms with E-state index in [0.717, 1.165) is 25.1 Å². The molecule has 0 bridgehead atoms. The first kappa shape index (κ1) is 13.4. The second-order valence-corrected chi connectivity index (χ2v) is 7.28. The van der Waals surface area contributed by atoms with Gasteiger partial charge in [-0.2, -0.15) is 0 Å². The van der Waals surface area contributed by atoms with E-state index in [1.54, 1.807) is 31.2 Å².